The molecule has 0 atom stereocenters. The molecule has 8 nitrogen and oxygen atoms in total. The van der Waals surface area contributed by atoms with Crippen LogP contribution in [0, 0.1) is 0 Å². The second kappa shape index (κ2) is 11.1. The molecule has 2 aromatic carbocycles. The number of halogens is 1. The molecule has 202 valence electrons. The van der Waals surface area contributed by atoms with E-state index in [-0.39, 0.29) is 17.8 Å². The molecule has 1 spiro atoms. The van der Waals surface area contributed by atoms with Crippen LogP contribution in [0.25, 0.3) is 10.9 Å². The van der Waals surface area contributed by atoms with Crippen LogP contribution in [0.5, 0.6) is 0 Å². The van der Waals surface area contributed by atoms with E-state index in [1.165, 1.54) is 11.8 Å². The summed E-state index contributed by atoms with van der Waals surface area (Å²) in [7, 11) is 0. The number of rotatable bonds is 4. The maximum atomic E-state index is 13.0. The number of nitrogens with one attached hydrogen (secondary N) is 1. The van der Waals surface area contributed by atoms with Gasteiger partial charge in [-0.2, -0.15) is 0 Å². The lowest BCUT2D eigenvalue weighted by Crippen LogP contribution is -2.46. The molecule has 3 aromatic rings. The fourth-order valence-corrected chi connectivity index (χ4v) is 5.68. The molecular formula is C29H30BrN5O3S. The first-order chi connectivity index (χ1) is 18.6. The Morgan fingerprint density at radius 2 is 1.77 bits per heavy atom. The summed E-state index contributed by atoms with van der Waals surface area (Å²) >= 11 is 4.87. The first-order valence-corrected chi connectivity index (χ1v) is 14.6. The van der Waals surface area contributed by atoms with Gasteiger partial charge in [-0.25, -0.2) is 9.79 Å². The number of hydrogen-bond acceptors (Lipinski definition) is 7. The fraction of sp³-hybridized carbons (Fsp3) is 0.345. The van der Waals surface area contributed by atoms with Gasteiger partial charge in [-0.3, -0.25) is 14.8 Å². The number of carbonyl (C=O) groups excluding carboxylic acids is 2. The number of ether oxygens (including phenoxy) is 1. The van der Waals surface area contributed by atoms with E-state index in [4.69, 9.17) is 14.7 Å². The van der Waals surface area contributed by atoms with Gasteiger partial charge in [0.15, 0.2) is 5.66 Å². The summed E-state index contributed by atoms with van der Waals surface area (Å²) in [5.74, 6) is 0.0363. The molecule has 0 aliphatic carbocycles. The molecule has 1 N–H and O–H groups in total. The summed E-state index contributed by atoms with van der Waals surface area (Å²) in [5, 5.41) is 4.69. The highest BCUT2D eigenvalue weighted by atomic mass is 79.9. The number of anilines is 1. The summed E-state index contributed by atoms with van der Waals surface area (Å²) in [5.41, 5.74) is 1.95. The highest BCUT2D eigenvalue weighted by molar-refractivity contribution is 9.10. The number of likely N-dealkylation sites (tertiary alicyclic amines) is 1. The Labute approximate surface area is 240 Å². The molecule has 0 saturated carbocycles. The van der Waals surface area contributed by atoms with Crippen molar-refractivity contribution in [2.45, 2.75) is 44.9 Å². The van der Waals surface area contributed by atoms with Crippen molar-refractivity contribution in [2.75, 3.05) is 24.2 Å². The van der Waals surface area contributed by atoms with Crippen LogP contribution >= 0.6 is 27.7 Å². The van der Waals surface area contributed by atoms with E-state index in [9.17, 15) is 9.59 Å². The smallest absolute Gasteiger partial charge is 0.410 e. The Hall–Kier alpha value is -3.24. The second-order valence-corrected chi connectivity index (χ2v) is 12.4. The number of para-hydroxylation sites is 1. The van der Waals surface area contributed by atoms with Crippen LogP contribution in [0.4, 0.5) is 10.5 Å². The van der Waals surface area contributed by atoms with Crippen LogP contribution in [0.1, 0.15) is 39.2 Å². The minimum absolute atomic E-state index is 0.142. The van der Waals surface area contributed by atoms with Gasteiger partial charge in [-0.1, -0.05) is 58.0 Å². The third kappa shape index (κ3) is 6.50. The molecular weight excluding hydrogens is 578 g/mol. The number of piperidine rings is 1. The first-order valence-electron chi connectivity index (χ1n) is 12.8. The van der Waals surface area contributed by atoms with Crippen LogP contribution in [0.15, 0.2) is 75.3 Å². The van der Waals surface area contributed by atoms with Gasteiger partial charge in [-0.15, -0.1) is 0 Å². The molecule has 10 heteroatoms. The standard InChI is InChI=1S/C29H30BrN5O3S/c1-28(2,3)38-27(37)35-16-13-29(14-17-35)33-25(20-9-11-21(30)12-10-20)26(34-29)39-18-23(36)32-22-8-4-6-19-7-5-15-31-24(19)22/h4-12,15H,13-14,16-18H2,1-3H3,(H,32,36). The quantitative estimate of drug-likeness (QED) is 0.375. The van der Waals surface area contributed by atoms with Crippen molar-refractivity contribution in [2.24, 2.45) is 9.98 Å². The average Bonchev–Trinajstić information content (AvgIpc) is 3.25. The monoisotopic (exact) mass is 607 g/mol. The summed E-state index contributed by atoms with van der Waals surface area (Å²) in [6.07, 6.45) is 2.58. The summed E-state index contributed by atoms with van der Waals surface area (Å²) in [6, 6.07) is 17.5. The number of thioether (sulfide) groups is 1. The number of carbonyl (C=O) groups is 2. The van der Waals surface area contributed by atoms with E-state index in [0.29, 0.717) is 31.6 Å². The van der Waals surface area contributed by atoms with Crippen molar-refractivity contribution in [3.8, 4) is 0 Å². The van der Waals surface area contributed by atoms with Crippen LogP contribution in [0.3, 0.4) is 0 Å². The lowest BCUT2D eigenvalue weighted by atomic mass is 9.99. The Morgan fingerprint density at radius 3 is 2.49 bits per heavy atom. The molecule has 0 unspecified atom stereocenters. The van der Waals surface area contributed by atoms with Crippen LogP contribution in [-0.2, 0) is 9.53 Å². The molecule has 0 radical (unpaired) electrons. The molecule has 3 heterocycles. The Bertz CT molecular complexity index is 1450. The van der Waals surface area contributed by atoms with Crippen molar-refractivity contribution in [1.29, 1.82) is 0 Å². The van der Waals surface area contributed by atoms with E-state index in [0.717, 1.165) is 31.7 Å². The van der Waals surface area contributed by atoms with Gasteiger partial charge in [-0.05, 0) is 45.0 Å². The minimum Gasteiger partial charge on any atom is -0.444 e. The zero-order valence-corrected chi connectivity index (χ0v) is 24.5. The van der Waals surface area contributed by atoms with E-state index < -0.39 is 11.3 Å². The SMILES string of the molecule is CC(C)(C)OC(=O)N1CCC2(CC1)N=C(SCC(=O)Nc1cccc3cccnc13)C(c1ccc(Br)cc1)=N2. The maximum Gasteiger partial charge on any atom is 0.410 e. The number of benzene rings is 2. The minimum atomic E-state index is -0.653. The van der Waals surface area contributed by atoms with Crippen molar-refractivity contribution < 1.29 is 14.3 Å². The van der Waals surface area contributed by atoms with Crippen molar-refractivity contribution in [3.05, 3.63) is 70.8 Å². The fourth-order valence-electron chi connectivity index (χ4n) is 4.54. The van der Waals surface area contributed by atoms with E-state index in [1.54, 1.807) is 11.1 Å². The van der Waals surface area contributed by atoms with Gasteiger partial charge in [0.2, 0.25) is 5.91 Å². The van der Waals surface area contributed by atoms with Gasteiger partial charge >= 0.3 is 6.09 Å². The second-order valence-electron chi connectivity index (χ2n) is 10.6. The Kier molecular flexibility index (Phi) is 7.77. The highest BCUT2D eigenvalue weighted by Crippen LogP contribution is 2.36. The van der Waals surface area contributed by atoms with Gasteiger partial charge < -0.3 is 15.0 Å². The molecule has 2 amide bonds. The van der Waals surface area contributed by atoms with Gasteiger partial charge in [0.05, 0.1) is 22.7 Å². The van der Waals surface area contributed by atoms with E-state index >= 15 is 0 Å². The number of pyridine rings is 1. The topological polar surface area (TPSA) is 96.2 Å². The van der Waals surface area contributed by atoms with E-state index in [1.807, 2.05) is 75.4 Å². The maximum absolute atomic E-state index is 13.0. The van der Waals surface area contributed by atoms with Gasteiger partial charge in [0, 0.05) is 47.6 Å². The number of amides is 2. The van der Waals surface area contributed by atoms with Crippen LogP contribution < -0.4 is 5.32 Å². The predicted molar refractivity (Wildman–Crippen MR) is 161 cm³/mol. The molecule has 0 bridgehead atoms. The molecule has 2 aliphatic rings. The average molecular weight is 609 g/mol. The lowest BCUT2D eigenvalue weighted by molar-refractivity contribution is -0.113. The van der Waals surface area contributed by atoms with Crippen molar-refractivity contribution in [3.63, 3.8) is 0 Å². The molecule has 2 aliphatic heterocycles. The molecule has 39 heavy (non-hydrogen) atoms. The van der Waals surface area contributed by atoms with Gasteiger partial charge in [0.1, 0.15) is 10.6 Å². The third-order valence-electron chi connectivity index (χ3n) is 6.41. The molecule has 5 rings (SSSR count). The largest absolute Gasteiger partial charge is 0.444 e. The zero-order chi connectivity index (χ0) is 27.6. The summed E-state index contributed by atoms with van der Waals surface area (Å²) in [6.45, 7) is 6.60. The lowest BCUT2D eigenvalue weighted by Gasteiger charge is -2.36. The number of nitrogens with zero attached hydrogens (tertiary/aromatic N) is 4. The number of hydrogen-bond donors (Lipinski definition) is 1. The number of fused-ring (bicyclic) bond motifs is 1. The first kappa shape index (κ1) is 27.3. The molecule has 1 saturated heterocycles. The highest BCUT2D eigenvalue weighted by Gasteiger charge is 2.41. The zero-order valence-electron chi connectivity index (χ0n) is 22.1. The van der Waals surface area contributed by atoms with E-state index in [2.05, 4.69) is 26.2 Å². The van der Waals surface area contributed by atoms with Crippen LogP contribution in [0.2, 0.25) is 0 Å². The third-order valence-corrected chi connectivity index (χ3v) is 7.91. The predicted octanol–water partition coefficient (Wildman–Crippen LogP) is 6.30. The Morgan fingerprint density at radius 1 is 1.05 bits per heavy atom. The normalized spacial score (nSPS) is 16.7. The van der Waals surface area contributed by atoms with Gasteiger partial charge in [0.25, 0.3) is 0 Å². The molecule has 1 fully saturated rings. The van der Waals surface area contributed by atoms with Crippen LogP contribution in [-0.4, -0.2) is 62.7 Å². The van der Waals surface area contributed by atoms with Crippen molar-refractivity contribution >= 4 is 67.0 Å². The molecule has 1 aromatic heterocycles. The number of aliphatic imine (C=N–C) groups is 2. The summed E-state index contributed by atoms with van der Waals surface area (Å²) < 4.78 is 6.52. The van der Waals surface area contributed by atoms with Crippen molar-refractivity contribution in [1.82, 2.24) is 9.88 Å². The summed E-state index contributed by atoms with van der Waals surface area (Å²) in [4.78, 5) is 41.8. The Balaban J connectivity index is 1.31. The number of aromatic nitrogens is 1.